The first-order chi connectivity index (χ1) is 16.4. The van der Waals surface area contributed by atoms with Crippen molar-refractivity contribution in [3.8, 4) is 0 Å². The maximum atomic E-state index is 13.6. The molecule has 0 spiro atoms. The fourth-order valence-corrected chi connectivity index (χ4v) is 5.88. The monoisotopic (exact) mass is 531 g/mol. The number of rotatable bonds is 10. The van der Waals surface area contributed by atoms with Crippen LogP contribution in [0.5, 0.6) is 0 Å². The first kappa shape index (κ1) is 27.3. The lowest BCUT2D eigenvalue weighted by molar-refractivity contribution is -0.137. The number of hydrogen-bond acceptors (Lipinski definition) is 8. The normalized spacial score (nSPS) is 16.1. The summed E-state index contributed by atoms with van der Waals surface area (Å²) < 4.78 is 55.1. The van der Waals surface area contributed by atoms with E-state index >= 15 is 0 Å². The summed E-state index contributed by atoms with van der Waals surface area (Å²) in [5.41, 5.74) is 0. The van der Waals surface area contributed by atoms with Gasteiger partial charge < -0.3 is 10.0 Å². The lowest BCUT2D eigenvalue weighted by atomic mass is 9.94. The minimum Gasteiger partial charge on any atom is -0.396 e. The van der Waals surface area contributed by atoms with E-state index in [0.717, 1.165) is 16.6 Å². The number of likely N-dealkylation sites (tertiary alicyclic amines) is 1. The van der Waals surface area contributed by atoms with Crippen LogP contribution in [0.2, 0.25) is 0 Å². The van der Waals surface area contributed by atoms with E-state index in [0.29, 0.717) is 25.9 Å². The third-order valence-electron chi connectivity index (χ3n) is 6.17. The lowest BCUT2D eigenvalue weighted by Gasteiger charge is -2.33. The largest absolute Gasteiger partial charge is 0.396 e. The Hall–Kier alpha value is -2.33. The van der Waals surface area contributed by atoms with Gasteiger partial charge in [-0.05, 0) is 18.8 Å². The highest BCUT2D eigenvalue weighted by Gasteiger charge is 2.33. The van der Waals surface area contributed by atoms with Gasteiger partial charge in [0, 0.05) is 85.5 Å². The molecule has 3 rings (SSSR count). The molecule has 15 heteroatoms. The summed E-state index contributed by atoms with van der Waals surface area (Å²) in [7, 11) is -2.13. The molecule has 0 saturated carbocycles. The molecule has 13 nitrogen and oxygen atoms in total. The summed E-state index contributed by atoms with van der Waals surface area (Å²) >= 11 is 0. The van der Waals surface area contributed by atoms with Gasteiger partial charge in [0.25, 0.3) is 0 Å². The predicted molar refractivity (Wildman–Crippen MR) is 128 cm³/mol. The molecule has 2 aromatic rings. The van der Waals surface area contributed by atoms with E-state index in [1.54, 1.807) is 4.90 Å². The fourth-order valence-electron chi connectivity index (χ4n) is 3.98. The number of hydrogen-bond donors (Lipinski definition) is 1. The van der Waals surface area contributed by atoms with Crippen LogP contribution in [0.25, 0.3) is 0 Å². The van der Waals surface area contributed by atoms with Gasteiger partial charge in [0.15, 0.2) is 0 Å². The molecule has 3 heterocycles. The molecule has 1 N–H and O–H groups in total. The van der Waals surface area contributed by atoms with Gasteiger partial charge in [-0.1, -0.05) is 0 Å². The van der Waals surface area contributed by atoms with Crippen LogP contribution in [0.4, 0.5) is 0 Å². The van der Waals surface area contributed by atoms with Gasteiger partial charge in [-0.25, -0.2) is 17.9 Å². The Bertz CT molecular complexity index is 1150. The number of carbonyl (C=O) groups is 1. The fraction of sp³-hybridized carbons (Fsp3) is 0.650. The van der Waals surface area contributed by atoms with Crippen LogP contribution >= 0.6 is 0 Å². The smallest absolute Gasteiger partial charge is 0.308 e. The molecule has 0 atom stereocenters. The molecule has 1 saturated heterocycles. The Labute approximate surface area is 206 Å². The topological polar surface area (TPSA) is 151 Å². The molecule has 0 aromatic carbocycles. The molecule has 1 aliphatic heterocycles. The van der Waals surface area contributed by atoms with Crippen LogP contribution in [-0.4, -0.2) is 107 Å². The average molecular weight is 532 g/mol. The second-order valence-electron chi connectivity index (χ2n) is 8.92. The zero-order valence-electron chi connectivity index (χ0n) is 20.3. The molecule has 2 aromatic heterocycles. The van der Waals surface area contributed by atoms with Gasteiger partial charge in [0.1, 0.15) is 11.6 Å². The standard InChI is InChI=1S/C20H33N7O6S2/c1-23(2)34(30,31)26-11-7-21-18(26)13-17(20(29)25-9-5-16(15-28)6-10-25)14-19-22-8-12-27(19)35(32,33)24(3)4/h7-8,11-12,16-17,28H,5-6,9-10,13-15H2,1-4H3. The molecule has 0 radical (unpaired) electrons. The average Bonchev–Trinajstić information content (AvgIpc) is 3.48. The van der Waals surface area contributed by atoms with Crippen LogP contribution in [0.1, 0.15) is 24.5 Å². The Balaban J connectivity index is 1.96. The van der Waals surface area contributed by atoms with E-state index in [-0.39, 0.29) is 42.9 Å². The summed E-state index contributed by atoms with van der Waals surface area (Å²) in [5, 5.41) is 9.42. The van der Waals surface area contributed by atoms with Crippen molar-refractivity contribution in [3.63, 3.8) is 0 Å². The number of piperidine rings is 1. The number of carbonyl (C=O) groups excluding carboxylic acids is 1. The van der Waals surface area contributed by atoms with Crippen molar-refractivity contribution < 1.29 is 26.7 Å². The van der Waals surface area contributed by atoms with Gasteiger partial charge in [-0.2, -0.15) is 25.4 Å². The van der Waals surface area contributed by atoms with Crippen LogP contribution in [0, 0.1) is 11.8 Å². The summed E-state index contributed by atoms with van der Waals surface area (Å²) in [6.45, 7) is 0.968. The van der Waals surface area contributed by atoms with Crippen molar-refractivity contribution in [2.24, 2.45) is 11.8 Å². The van der Waals surface area contributed by atoms with E-state index in [9.17, 15) is 26.7 Å². The maximum Gasteiger partial charge on any atom is 0.308 e. The van der Waals surface area contributed by atoms with Gasteiger partial charge in [-0.3, -0.25) is 4.79 Å². The highest BCUT2D eigenvalue weighted by Crippen LogP contribution is 2.23. The molecular weight excluding hydrogens is 498 g/mol. The number of amides is 1. The van der Waals surface area contributed by atoms with E-state index in [2.05, 4.69) is 9.97 Å². The Morgan fingerprint density at radius 2 is 1.37 bits per heavy atom. The lowest BCUT2D eigenvalue weighted by Crippen LogP contribution is -2.44. The van der Waals surface area contributed by atoms with E-state index < -0.39 is 26.3 Å². The Morgan fingerprint density at radius 1 is 0.943 bits per heavy atom. The number of aliphatic hydroxyl groups is 1. The molecule has 0 aliphatic carbocycles. The first-order valence-corrected chi connectivity index (χ1v) is 14.0. The van der Waals surface area contributed by atoms with Crippen molar-refractivity contribution in [1.82, 2.24) is 31.4 Å². The van der Waals surface area contributed by atoms with Gasteiger partial charge >= 0.3 is 20.4 Å². The molecule has 0 bridgehead atoms. The molecule has 1 amide bonds. The van der Waals surface area contributed by atoms with E-state index in [1.807, 2.05) is 0 Å². The van der Waals surface area contributed by atoms with Crippen molar-refractivity contribution in [1.29, 1.82) is 0 Å². The van der Waals surface area contributed by atoms with Crippen molar-refractivity contribution >= 4 is 26.3 Å². The molecule has 0 unspecified atom stereocenters. The number of nitrogens with zero attached hydrogens (tertiary/aromatic N) is 7. The van der Waals surface area contributed by atoms with E-state index in [4.69, 9.17) is 0 Å². The van der Waals surface area contributed by atoms with Crippen LogP contribution in [-0.2, 0) is 38.1 Å². The third kappa shape index (κ3) is 5.74. The van der Waals surface area contributed by atoms with Gasteiger partial charge in [-0.15, -0.1) is 0 Å². The molecule has 1 fully saturated rings. The Kier molecular flexibility index (Phi) is 8.36. The number of aliphatic hydroxyl groups excluding tert-OH is 1. The number of aromatic nitrogens is 4. The highest BCUT2D eigenvalue weighted by atomic mass is 32.2. The molecule has 35 heavy (non-hydrogen) atoms. The van der Waals surface area contributed by atoms with Gasteiger partial charge in [0.2, 0.25) is 5.91 Å². The van der Waals surface area contributed by atoms with Crippen molar-refractivity contribution in [2.75, 3.05) is 47.9 Å². The third-order valence-corrected chi connectivity index (χ3v) is 9.68. The number of imidazole rings is 2. The SMILES string of the molecule is CN(C)S(=O)(=O)n1ccnc1CC(Cc1nccn1S(=O)(=O)N(C)C)C(=O)N1CCC(CO)CC1. The highest BCUT2D eigenvalue weighted by molar-refractivity contribution is 7.87. The molecular formula is C20H33N7O6S2. The van der Waals surface area contributed by atoms with Crippen LogP contribution in [0.15, 0.2) is 24.8 Å². The minimum atomic E-state index is -3.86. The maximum absolute atomic E-state index is 13.6. The second kappa shape index (κ2) is 10.7. The van der Waals surface area contributed by atoms with Crippen LogP contribution < -0.4 is 0 Å². The predicted octanol–water partition coefficient (Wildman–Crippen LogP) is -0.979. The summed E-state index contributed by atoms with van der Waals surface area (Å²) in [5.74, 6) is -0.592. The minimum absolute atomic E-state index is 0.0340. The summed E-state index contributed by atoms with van der Waals surface area (Å²) in [4.78, 5) is 23.7. The zero-order valence-corrected chi connectivity index (χ0v) is 22.0. The van der Waals surface area contributed by atoms with Crippen molar-refractivity contribution in [3.05, 3.63) is 36.4 Å². The summed E-state index contributed by atoms with van der Waals surface area (Å²) in [6, 6.07) is 0. The quantitative estimate of drug-likeness (QED) is 0.411. The molecule has 196 valence electrons. The zero-order chi connectivity index (χ0) is 26.0. The Morgan fingerprint density at radius 3 is 1.74 bits per heavy atom. The van der Waals surface area contributed by atoms with Gasteiger partial charge in [0.05, 0.1) is 5.92 Å². The first-order valence-electron chi connectivity index (χ1n) is 11.2. The molecule has 1 aliphatic rings. The van der Waals surface area contributed by atoms with E-state index in [1.165, 1.54) is 53.0 Å². The van der Waals surface area contributed by atoms with Crippen LogP contribution in [0.3, 0.4) is 0 Å². The van der Waals surface area contributed by atoms with Crippen molar-refractivity contribution in [2.45, 2.75) is 25.7 Å². The second-order valence-corrected chi connectivity index (χ2v) is 13.0. The summed E-state index contributed by atoms with van der Waals surface area (Å²) in [6.07, 6.45) is 6.57.